The van der Waals surface area contributed by atoms with Crippen molar-refractivity contribution in [1.29, 1.82) is 0 Å². The molecule has 10 heteroatoms. The Balaban J connectivity index is 1.45. The number of aryl methyl sites for hydroxylation is 3. The SMILES string of the molecule is Cc1nnc(N2C(=O)C(=O)/C(=C(/O)c3nc4c(C)cccn4c3C)C2c2ccc(OCc3ccccc3)cc2)s1. The number of aliphatic hydroxyl groups excluding tert-OH is 1. The Bertz CT molecular complexity index is 1790. The van der Waals surface area contributed by atoms with Crippen LogP contribution < -0.4 is 9.64 Å². The fourth-order valence-electron chi connectivity index (χ4n) is 4.89. The van der Waals surface area contributed by atoms with Gasteiger partial charge in [-0.2, -0.15) is 0 Å². The van der Waals surface area contributed by atoms with E-state index in [0.717, 1.165) is 11.1 Å². The van der Waals surface area contributed by atoms with Gasteiger partial charge in [0.1, 0.15) is 28.7 Å². The summed E-state index contributed by atoms with van der Waals surface area (Å²) in [5.74, 6) is -1.31. The molecule has 40 heavy (non-hydrogen) atoms. The van der Waals surface area contributed by atoms with E-state index in [4.69, 9.17) is 4.74 Å². The highest BCUT2D eigenvalue weighted by molar-refractivity contribution is 7.15. The number of rotatable bonds is 6. The predicted molar refractivity (Wildman–Crippen MR) is 151 cm³/mol. The molecule has 0 saturated carbocycles. The zero-order valence-electron chi connectivity index (χ0n) is 22.0. The van der Waals surface area contributed by atoms with Crippen LogP contribution in [0.1, 0.15) is 39.1 Å². The molecule has 0 radical (unpaired) electrons. The molecule has 1 saturated heterocycles. The lowest BCUT2D eigenvalue weighted by molar-refractivity contribution is -0.132. The molecule has 1 aliphatic rings. The van der Waals surface area contributed by atoms with Crippen LogP contribution in [0.15, 0.2) is 78.5 Å². The van der Waals surface area contributed by atoms with Crippen molar-refractivity contribution in [2.45, 2.75) is 33.4 Å². The number of hydrogen-bond donors (Lipinski definition) is 1. The van der Waals surface area contributed by atoms with Crippen LogP contribution in [-0.2, 0) is 16.2 Å². The van der Waals surface area contributed by atoms with E-state index in [1.165, 1.54) is 16.2 Å². The minimum atomic E-state index is -0.930. The average Bonchev–Trinajstić information content (AvgIpc) is 3.62. The first-order valence-electron chi connectivity index (χ1n) is 12.7. The number of aromatic nitrogens is 4. The molecule has 3 aromatic heterocycles. The second-order valence-corrected chi connectivity index (χ2v) is 10.7. The molecule has 1 aliphatic heterocycles. The van der Waals surface area contributed by atoms with Crippen molar-refractivity contribution >= 4 is 39.6 Å². The second-order valence-electron chi connectivity index (χ2n) is 9.55. The van der Waals surface area contributed by atoms with E-state index in [0.29, 0.717) is 34.3 Å². The van der Waals surface area contributed by atoms with E-state index in [-0.39, 0.29) is 22.2 Å². The number of aliphatic hydroxyl groups is 1. The molecule has 1 fully saturated rings. The lowest BCUT2D eigenvalue weighted by Crippen LogP contribution is -2.29. The van der Waals surface area contributed by atoms with Crippen LogP contribution >= 0.6 is 11.3 Å². The van der Waals surface area contributed by atoms with Crippen LogP contribution in [0.3, 0.4) is 0 Å². The molecule has 1 amide bonds. The zero-order chi connectivity index (χ0) is 28.0. The van der Waals surface area contributed by atoms with Gasteiger partial charge in [0.15, 0.2) is 5.76 Å². The molecule has 1 atom stereocenters. The number of nitrogens with zero attached hydrogens (tertiary/aromatic N) is 5. The molecule has 2 aromatic carbocycles. The predicted octanol–water partition coefficient (Wildman–Crippen LogP) is 5.32. The zero-order valence-corrected chi connectivity index (χ0v) is 22.8. The van der Waals surface area contributed by atoms with Crippen LogP contribution in [-0.4, -0.2) is 36.4 Å². The Hall–Kier alpha value is -4.83. The molecular weight excluding hydrogens is 526 g/mol. The lowest BCUT2D eigenvalue weighted by Gasteiger charge is -2.22. The Morgan fingerprint density at radius 3 is 2.40 bits per heavy atom. The molecule has 200 valence electrons. The Morgan fingerprint density at radius 2 is 1.73 bits per heavy atom. The van der Waals surface area contributed by atoms with Gasteiger partial charge in [0.05, 0.1) is 17.3 Å². The first-order chi connectivity index (χ1) is 19.3. The first kappa shape index (κ1) is 25.4. The van der Waals surface area contributed by atoms with Gasteiger partial charge in [-0.05, 0) is 55.7 Å². The van der Waals surface area contributed by atoms with Gasteiger partial charge in [0.2, 0.25) is 5.13 Å². The minimum Gasteiger partial charge on any atom is -0.505 e. The molecular formula is C30H25N5O4S. The van der Waals surface area contributed by atoms with E-state index >= 15 is 0 Å². The molecule has 0 bridgehead atoms. The molecule has 6 rings (SSSR count). The summed E-state index contributed by atoms with van der Waals surface area (Å²) in [6, 6.07) is 19.8. The van der Waals surface area contributed by atoms with Gasteiger partial charge in [-0.25, -0.2) is 4.98 Å². The highest BCUT2D eigenvalue weighted by Crippen LogP contribution is 2.43. The van der Waals surface area contributed by atoms with Gasteiger partial charge < -0.3 is 14.2 Å². The molecule has 5 aromatic rings. The number of pyridine rings is 1. The van der Waals surface area contributed by atoms with Crippen molar-refractivity contribution in [3.05, 3.63) is 112 Å². The van der Waals surface area contributed by atoms with Gasteiger partial charge in [0.25, 0.3) is 5.78 Å². The smallest absolute Gasteiger partial charge is 0.301 e. The summed E-state index contributed by atoms with van der Waals surface area (Å²) in [5.41, 5.74) is 4.05. The number of benzene rings is 2. The standard InChI is InChI=1S/C30H25N5O4S/c1-17-8-7-15-34-18(2)24(31-28(17)34)26(36)23-25(35(29(38)27(23)37)30-33-32-19(3)40-30)21-11-13-22(14-12-21)39-16-20-9-5-4-6-10-20/h4-15,25,36H,16H2,1-3H3/b26-23+. The molecule has 0 aliphatic carbocycles. The number of anilines is 1. The van der Waals surface area contributed by atoms with Crippen molar-refractivity contribution in [3.63, 3.8) is 0 Å². The maximum Gasteiger partial charge on any atom is 0.301 e. The van der Waals surface area contributed by atoms with Crippen LogP contribution in [0.2, 0.25) is 0 Å². The highest BCUT2D eigenvalue weighted by atomic mass is 32.1. The maximum absolute atomic E-state index is 13.5. The van der Waals surface area contributed by atoms with Gasteiger partial charge in [-0.1, -0.05) is 59.9 Å². The van der Waals surface area contributed by atoms with Gasteiger partial charge in [-0.15, -0.1) is 10.2 Å². The van der Waals surface area contributed by atoms with E-state index in [1.54, 1.807) is 31.2 Å². The fraction of sp³-hybridized carbons (Fsp3) is 0.167. The topological polar surface area (TPSA) is 110 Å². The summed E-state index contributed by atoms with van der Waals surface area (Å²) < 4.78 is 7.78. The number of hydrogen-bond acceptors (Lipinski definition) is 8. The molecule has 1 N–H and O–H groups in total. The third kappa shape index (κ3) is 4.32. The van der Waals surface area contributed by atoms with E-state index in [1.807, 2.05) is 66.9 Å². The van der Waals surface area contributed by atoms with Crippen molar-refractivity contribution in [2.75, 3.05) is 4.90 Å². The van der Waals surface area contributed by atoms with Gasteiger partial charge in [0, 0.05) is 6.20 Å². The average molecular weight is 552 g/mol. The van der Waals surface area contributed by atoms with Crippen LogP contribution in [0.5, 0.6) is 5.75 Å². The number of carbonyl (C=O) groups is 2. The molecule has 9 nitrogen and oxygen atoms in total. The van der Waals surface area contributed by atoms with Gasteiger partial charge in [-0.3, -0.25) is 14.5 Å². The summed E-state index contributed by atoms with van der Waals surface area (Å²) in [7, 11) is 0. The first-order valence-corrected chi connectivity index (χ1v) is 13.5. The second kappa shape index (κ2) is 10.0. The maximum atomic E-state index is 13.5. The largest absolute Gasteiger partial charge is 0.505 e. The number of Topliss-reactive ketones (excluding diaryl/α,β-unsaturated/α-hetero) is 1. The normalized spacial score (nSPS) is 16.7. The van der Waals surface area contributed by atoms with Crippen LogP contribution in [0, 0.1) is 20.8 Å². The van der Waals surface area contributed by atoms with E-state index in [9.17, 15) is 14.7 Å². The number of carbonyl (C=O) groups excluding carboxylic acids is 2. The number of ether oxygens (including phenoxy) is 1. The fourth-order valence-corrected chi connectivity index (χ4v) is 5.60. The molecule has 4 heterocycles. The Kier molecular flexibility index (Phi) is 6.39. The number of imidazole rings is 1. The van der Waals surface area contributed by atoms with Crippen molar-refractivity contribution < 1.29 is 19.4 Å². The summed E-state index contributed by atoms with van der Waals surface area (Å²) in [6.45, 7) is 5.90. The van der Waals surface area contributed by atoms with Crippen molar-refractivity contribution in [3.8, 4) is 5.75 Å². The Labute approximate surface area is 234 Å². The van der Waals surface area contributed by atoms with E-state index in [2.05, 4.69) is 15.2 Å². The monoisotopic (exact) mass is 551 g/mol. The lowest BCUT2D eigenvalue weighted by atomic mass is 9.96. The van der Waals surface area contributed by atoms with Crippen molar-refractivity contribution in [1.82, 2.24) is 19.6 Å². The quantitative estimate of drug-likeness (QED) is 0.173. The third-order valence-corrected chi connectivity index (χ3v) is 7.76. The third-order valence-electron chi connectivity index (χ3n) is 6.92. The summed E-state index contributed by atoms with van der Waals surface area (Å²) in [4.78, 5) is 32.8. The van der Waals surface area contributed by atoms with Crippen molar-refractivity contribution in [2.24, 2.45) is 0 Å². The summed E-state index contributed by atoms with van der Waals surface area (Å²) in [5, 5.41) is 20.7. The number of ketones is 1. The van der Waals surface area contributed by atoms with Crippen LogP contribution in [0.4, 0.5) is 5.13 Å². The summed E-state index contributed by atoms with van der Waals surface area (Å²) in [6.07, 6.45) is 1.84. The molecule has 0 spiro atoms. The number of amides is 1. The van der Waals surface area contributed by atoms with E-state index < -0.39 is 17.7 Å². The number of fused-ring (bicyclic) bond motifs is 1. The molecule has 1 unspecified atom stereocenters. The van der Waals surface area contributed by atoms with Gasteiger partial charge >= 0.3 is 5.91 Å². The Morgan fingerprint density at radius 1 is 0.975 bits per heavy atom. The van der Waals surface area contributed by atoms with Crippen LogP contribution in [0.25, 0.3) is 11.4 Å². The minimum absolute atomic E-state index is 0.0556. The summed E-state index contributed by atoms with van der Waals surface area (Å²) >= 11 is 1.20. The highest BCUT2D eigenvalue weighted by Gasteiger charge is 2.48.